The zero-order valence-electron chi connectivity index (χ0n) is 16.4. The van der Waals surface area contributed by atoms with Crippen LogP contribution < -0.4 is 10.5 Å². The SMILES string of the molecule is CCN(CC)c1ccc(-c2ccc(-c3ccc4cc(C#N)c(=N)oc4c3)o2)cc1. The zero-order valence-corrected chi connectivity index (χ0v) is 16.4. The smallest absolute Gasteiger partial charge is 0.229 e. The normalized spacial score (nSPS) is 10.8. The van der Waals surface area contributed by atoms with E-state index in [1.54, 1.807) is 6.07 Å². The number of nitriles is 1. The van der Waals surface area contributed by atoms with Crippen LogP contribution in [0.2, 0.25) is 0 Å². The number of anilines is 1. The van der Waals surface area contributed by atoms with Crippen LogP contribution in [0.5, 0.6) is 0 Å². The Morgan fingerprint density at radius 2 is 1.52 bits per heavy atom. The van der Waals surface area contributed by atoms with Gasteiger partial charge in [0.25, 0.3) is 0 Å². The monoisotopic (exact) mass is 383 g/mol. The molecule has 2 heterocycles. The summed E-state index contributed by atoms with van der Waals surface area (Å²) in [4.78, 5) is 2.30. The molecule has 0 bridgehead atoms. The standard InChI is InChI=1S/C24H21N3O2/c1-3-27(4-2)20-9-7-16(8-10-20)21-11-12-22(28-21)18-6-5-17-13-19(15-25)24(26)29-23(17)14-18/h5-14,26H,3-4H2,1-2H3. The maximum Gasteiger partial charge on any atom is 0.229 e. The van der Waals surface area contributed by atoms with Crippen LogP contribution in [0.3, 0.4) is 0 Å². The molecule has 0 saturated heterocycles. The van der Waals surface area contributed by atoms with E-state index in [2.05, 4.69) is 43.0 Å². The van der Waals surface area contributed by atoms with Crippen LogP contribution in [-0.4, -0.2) is 13.1 Å². The first kappa shape index (κ1) is 18.6. The van der Waals surface area contributed by atoms with Crippen molar-refractivity contribution in [3.05, 3.63) is 71.8 Å². The molecule has 0 amide bonds. The molecule has 0 aliphatic rings. The number of hydrogen-bond acceptors (Lipinski definition) is 5. The van der Waals surface area contributed by atoms with Gasteiger partial charge in [0, 0.05) is 35.3 Å². The number of nitrogens with one attached hydrogen (secondary N) is 1. The molecule has 4 aromatic rings. The first-order chi connectivity index (χ1) is 14.1. The molecule has 144 valence electrons. The topological polar surface area (TPSA) is 77.2 Å². The number of furan rings is 1. The summed E-state index contributed by atoms with van der Waals surface area (Å²) in [6, 6.07) is 21.5. The number of rotatable bonds is 5. The molecule has 0 saturated carbocycles. The Kier molecular flexibility index (Phi) is 4.92. The lowest BCUT2D eigenvalue weighted by molar-refractivity contribution is 0.530. The minimum Gasteiger partial charge on any atom is -0.456 e. The minimum atomic E-state index is -0.134. The van der Waals surface area contributed by atoms with Crippen molar-refractivity contribution in [2.75, 3.05) is 18.0 Å². The largest absolute Gasteiger partial charge is 0.456 e. The van der Waals surface area contributed by atoms with Crippen LogP contribution in [0, 0.1) is 16.7 Å². The van der Waals surface area contributed by atoms with Crippen molar-refractivity contribution in [3.8, 4) is 28.7 Å². The summed E-state index contributed by atoms with van der Waals surface area (Å²) in [6.07, 6.45) is 0. The van der Waals surface area contributed by atoms with Crippen LogP contribution in [0.4, 0.5) is 5.69 Å². The Hall–Kier alpha value is -3.78. The number of benzene rings is 2. The summed E-state index contributed by atoms with van der Waals surface area (Å²) in [7, 11) is 0. The van der Waals surface area contributed by atoms with Crippen molar-refractivity contribution < 1.29 is 8.83 Å². The highest BCUT2D eigenvalue weighted by molar-refractivity contribution is 5.82. The highest BCUT2D eigenvalue weighted by atomic mass is 16.3. The quantitative estimate of drug-likeness (QED) is 0.490. The Balaban J connectivity index is 1.65. The predicted molar refractivity (Wildman–Crippen MR) is 113 cm³/mol. The van der Waals surface area contributed by atoms with Gasteiger partial charge in [-0.3, -0.25) is 5.41 Å². The number of nitrogens with zero attached hydrogens (tertiary/aromatic N) is 2. The van der Waals surface area contributed by atoms with Crippen LogP contribution in [0.25, 0.3) is 33.6 Å². The van der Waals surface area contributed by atoms with Crippen molar-refractivity contribution in [2.45, 2.75) is 13.8 Å². The summed E-state index contributed by atoms with van der Waals surface area (Å²) in [5.41, 5.74) is 3.71. The maximum atomic E-state index is 9.05. The lowest BCUT2D eigenvalue weighted by Crippen LogP contribution is -2.21. The number of hydrogen-bond donors (Lipinski definition) is 1. The molecule has 2 aromatic heterocycles. The molecule has 1 N–H and O–H groups in total. The van der Waals surface area contributed by atoms with Crippen LogP contribution >= 0.6 is 0 Å². The van der Waals surface area contributed by atoms with Gasteiger partial charge in [-0.25, -0.2) is 0 Å². The Morgan fingerprint density at radius 1 is 0.862 bits per heavy atom. The molecule has 0 atom stereocenters. The van der Waals surface area contributed by atoms with Gasteiger partial charge in [0.2, 0.25) is 5.55 Å². The van der Waals surface area contributed by atoms with E-state index in [1.807, 2.05) is 36.4 Å². The van der Waals surface area contributed by atoms with Crippen molar-refractivity contribution in [1.29, 1.82) is 10.7 Å². The molecule has 5 nitrogen and oxygen atoms in total. The van der Waals surface area contributed by atoms with E-state index in [1.165, 1.54) is 5.69 Å². The van der Waals surface area contributed by atoms with Crippen molar-refractivity contribution in [2.24, 2.45) is 0 Å². The second-order valence-corrected chi connectivity index (χ2v) is 6.74. The fourth-order valence-corrected chi connectivity index (χ4v) is 3.44. The van der Waals surface area contributed by atoms with E-state index >= 15 is 0 Å². The molecule has 2 aromatic carbocycles. The molecule has 0 spiro atoms. The average molecular weight is 383 g/mol. The first-order valence-electron chi connectivity index (χ1n) is 9.61. The Bertz CT molecular complexity index is 1260. The predicted octanol–water partition coefficient (Wildman–Crippen LogP) is 5.56. The lowest BCUT2D eigenvalue weighted by Gasteiger charge is -2.20. The van der Waals surface area contributed by atoms with Crippen LogP contribution in [0.1, 0.15) is 19.4 Å². The third kappa shape index (κ3) is 3.53. The summed E-state index contributed by atoms with van der Waals surface area (Å²) >= 11 is 0. The molecule has 0 aliphatic heterocycles. The van der Waals surface area contributed by atoms with Crippen molar-refractivity contribution in [3.63, 3.8) is 0 Å². The summed E-state index contributed by atoms with van der Waals surface area (Å²) in [5, 5.41) is 17.6. The fraction of sp³-hybridized carbons (Fsp3) is 0.167. The van der Waals surface area contributed by atoms with Gasteiger partial charge >= 0.3 is 0 Å². The van der Waals surface area contributed by atoms with E-state index in [0.717, 1.165) is 41.1 Å². The summed E-state index contributed by atoms with van der Waals surface area (Å²) < 4.78 is 11.6. The van der Waals surface area contributed by atoms with Gasteiger partial charge < -0.3 is 13.7 Å². The molecule has 4 rings (SSSR count). The maximum absolute atomic E-state index is 9.05. The van der Waals surface area contributed by atoms with Crippen molar-refractivity contribution >= 4 is 16.7 Å². The van der Waals surface area contributed by atoms with Crippen LogP contribution in [0.15, 0.2) is 69.5 Å². The van der Waals surface area contributed by atoms with Gasteiger partial charge in [-0.1, -0.05) is 12.1 Å². The minimum absolute atomic E-state index is 0.134. The second-order valence-electron chi connectivity index (χ2n) is 6.74. The Morgan fingerprint density at radius 3 is 2.17 bits per heavy atom. The van der Waals surface area contributed by atoms with E-state index in [4.69, 9.17) is 19.5 Å². The highest BCUT2D eigenvalue weighted by Crippen LogP contribution is 2.31. The highest BCUT2D eigenvalue weighted by Gasteiger charge is 2.10. The third-order valence-electron chi connectivity index (χ3n) is 5.06. The Labute approximate surface area is 168 Å². The van der Waals surface area contributed by atoms with Crippen molar-refractivity contribution in [1.82, 2.24) is 0 Å². The van der Waals surface area contributed by atoms with E-state index in [0.29, 0.717) is 5.58 Å². The molecule has 5 heteroatoms. The lowest BCUT2D eigenvalue weighted by atomic mass is 10.1. The second kappa shape index (κ2) is 7.69. The molecular weight excluding hydrogens is 362 g/mol. The summed E-state index contributed by atoms with van der Waals surface area (Å²) in [6.45, 7) is 6.25. The number of fused-ring (bicyclic) bond motifs is 1. The fourth-order valence-electron chi connectivity index (χ4n) is 3.44. The van der Waals surface area contributed by atoms with Gasteiger partial charge in [-0.2, -0.15) is 5.26 Å². The molecule has 29 heavy (non-hydrogen) atoms. The van der Waals surface area contributed by atoms with Gasteiger partial charge in [-0.05, 0) is 62.4 Å². The average Bonchev–Trinajstić information content (AvgIpc) is 3.24. The van der Waals surface area contributed by atoms with Gasteiger partial charge in [-0.15, -0.1) is 0 Å². The molecule has 0 radical (unpaired) electrons. The summed E-state index contributed by atoms with van der Waals surface area (Å²) in [5.74, 6) is 1.52. The first-order valence-corrected chi connectivity index (χ1v) is 9.61. The molecule has 0 fully saturated rings. The zero-order chi connectivity index (χ0) is 20.4. The molecular formula is C24H21N3O2. The van der Waals surface area contributed by atoms with Gasteiger partial charge in [0.15, 0.2) is 0 Å². The molecule has 0 aliphatic carbocycles. The molecule has 0 unspecified atom stereocenters. The van der Waals surface area contributed by atoms with E-state index in [-0.39, 0.29) is 11.1 Å². The van der Waals surface area contributed by atoms with E-state index in [9.17, 15) is 0 Å². The van der Waals surface area contributed by atoms with Crippen LogP contribution in [-0.2, 0) is 0 Å². The van der Waals surface area contributed by atoms with E-state index < -0.39 is 0 Å². The third-order valence-corrected chi connectivity index (χ3v) is 5.06. The van der Waals surface area contributed by atoms with Gasteiger partial charge in [0.05, 0.1) is 0 Å². The van der Waals surface area contributed by atoms with Gasteiger partial charge in [0.1, 0.15) is 28.7 Å².